The third kappa shape index (κ3) is 2.93. The van der Waals surface area contributed by atoms with Gasteiger partial charge in [0.15, 0.2) is 3.92 Å². The van der Waals surface area contributed by atoms with E-state index in [1.54, 1.807) is 11.3 Å². The smallest absolute Gasteiger partial charge is 0.142 e. The third-order valence-corrected chi connectivity index (χ3v) is 4.49. The van der Waals surface area contributed by atoms with Crippen molar-refractivity contribution >= 4 is 27.3 Å². The molecule has 0 amide bonds. The number of hydrogen-bond acceptors (Lipinski definition) is 3. The lowest BCUT2D eigenvalue weighted by atomic mass is 9.86. The van der Waals surface area contributed by atoms with Gasteiger partial charge >= 0.3 is 0 Å². The average Bonchev–Trinajstić information content (AvgIpc) is 2.77. The molecule has 90 valence electrons. The van der Waals surface area contributed by atoms with Crippen LogP contribution in [0.5, 0.6) is 0 Å². The van der Waals surface area contributed by atoms with Crippen LogP contribution in [0.25, 0.3) is 0 Å². The second-order valence-electron chi connectivity index (χ2n) is 4.17. The standard InChI is InChI=1S/C13H15BrN2S/c1-3-9(2)11(10-7-5-4-6-8-10)12-15-16-13(14)17-12/h4-9,11H,3H2,1-2H3. The summed E-state index contributed by atoms with van der Waals surface area (Å²) in [6.45, 7) is 4.49. The van der Waals surface area contributed by atoms with E-state index in [2.05, 4.69) is 64.2 Å². The van der Waals surface area contributed by atoms with E-state index in [4.69, 9.17) is 0 Å². The van der Waals surface area contributed by atoms with E-state index in [0.29, 0.717) is 11.8 Å². The van der Waals surface area contributed by atoms with Gasteiger partial charge in [0.1, 0.15) is 5.01 Å². The van der Waals surface area contributed by atoms with Crippen molar-refractivity contribution in [3.8, 4) is 0 Å². The molecule has 2 aromatic rings. The average molecular weight is 311 g/mol. The molecule has 1 heterocycles. The first-order valence-electron chi connectivity index (χ1n) is 5.76. The van der Waals surface area contributed by atoms with Crippen LogP contribution in [-0.2, 0) is 0 Å². The van der Waals surface area contributed by atoms with Gasteiger partial charge < -0.3 is 0 Å². The van der Waals surface area contributed by atoms with Gasteiger partial charge in [0.05, 0.1) is 0 Å². The topological polar surface area (TPSA) is 25.8 Å². The zero-order valence-electron chi connectivity index (χ0n) is 9.93. The van der Waals surface area contributed by atoms with Crippen molar-refractivity contribution in [3.63, 3.8) is 0 Å². The first-order valence-corrected chi connectivity index (χ1v) is 7.37. The summed E-state index contributed by atoms with van der Waals surface area (Å²) in [6, 6.07) is 10.6. The van der Waals surface area contributed by atoms with Crippen LogP contribution in [0.3, 0.4) is 0 Å². The van der Waals surface area contributed by atoms with Crippen molar-refractivity contribution < 1.29 is 0 Å². The molecule has 4 heteroatoms. The van der Waals surface area contributed by atoms with Crippen LogP contribution in [0.15, 0.2) is 34.2 Å². The summed E-state index contributed by atoms with van der Waals surface area (Å²) >= 11 is 5.02. The fourth-order valence-electron chi connectivity index (χ4n) is 1.95. The zero-order valence-corrected chi connectivity index (χ0v) is 12.3. The lowest BCUT2D eigenvalue weighted by molar-refractivity contribution is 0.492. The van der Waals surface area contributed by atoms with Crippen molar-refractivity contribution in [3.05, 3.63) is 44.8 Å². The van der Waals surface area contributed by atoms with Gasteiger partial charge in [-0.1, -0.05) is 61.9 Å². The Morgan fingerprint density at radius 3 is 2.47 bits per heavy atom. The van der Waals surface area contributed by atoms with E-state index in [1.165, 1.54) is 5.56 Å². The Morgan fingerprint density at radius 1 is 1.24 bits per heavy atom. The molecule has 0 saturated carbocycles. The molecule has 2 atom stereocenters. The number of rotatable bonds is 4. The highest BCUT2D eigenvalue weighted by atomic mass is 79.9. The maximum Gasteiger partial charge on any atom is 0.183 e. The second kappa shape index (κ2) is 5.74. The molecule has 0 fully saturated rings. The Labute approximate surface area is 114 Å². The first kappa shape index (κ1) is 12.7. The Hall–Kier alpha value is -0.740. The monoisotopic (exact) mass is 310 g/mol. The molecule has 17 heavy (non-hydrogen) atoms. The van der Waals surface area contributed by atoms with Gasteiger partial charge in [0, 0.05) is 5.92 Å². The van der Waals surface area contributed by atoms with E-state index in [1.807, 2.05) is 6.07 Å². The van der Waals surface area contributed by atoms with Gasteiger partial charge in [-0.15, -0.1) is 10.2 Å². The molecule has 2 unspecified atom stereocenters. The van der Waals surface area contributed by atoms with E-state index < -0.39 is 0 Å². The van der Waals surface area contributed by atoms with E-state index in [-0.39, 0.29) is 0 Å². The molecule has 0 aliphatic rings. The van der Waals surface area contributed by atoms with Crippen LogP contribution in [0, 0.1) is 5.92 Å². The highest BCUT2D eigenvalue weighted by Gasteiger charge is 2.23. The molecule has 0 radical (unpaired) electrons. The quantitative estimate of drug-likeness (QED) is 0.832. The van der Waals surface area contributed by atoms with Crippen LogP contribution in [0.4, 0.5) is 0 Å². The van der Waals surface area contributed by atoms with Gasteiger partial charge in [0.2, 0.25) is 0 Å². The van der Waals surface area contributed by atoms with Crippen molar-refractivity contribution in [1.82, 2.24) is 10.2 Å². The van der Waals surface area contributed by atoms with Gasteiger partial charge in [-0.2, -0.15) is 0 Å². The van der Waals surface area contributed by atoms with E-state index in [9.17, 15) is 0 Å². The Balaban J connectivity index is 2.39. The third-order valence-electron chi connectivity index (χ3n) is 3.05. The molecule has 0 saturated heterocycles. The predicted molar refractivity (Wildman–Crippen MR) is 75.3 cm³/mol. The van der Waals surface area contributed by atoms with Crippen molar-refractivity contribution in [2.45, 2.75) is 26.2 Å². The lowest BCUT2D eigenvalue weighted by Gasteiger charge is -2.20. The van der Waals surface area contributed by atoms with Crippen molar-refractivity contribution in [1.29, 1.82) is 0 Å². The van der Waals surface area contributed by atoms with Gasteiger partial charge in [0.25, 0.3) is 0 Å². The number of nitrogens with zero attached hydrogens (tertiary/aromatic N) is 2. The highest BCUT2D eigenvalue weighted by molar-refractivity contribution is 9.11. The van der Waals surface area contributed by atoms with Gasteiger partial charge in [-0.3, -0.25) is 0 Å². The number of halogens is 1. The molecule has 0 aliphatic heterocycles. The van der Waals surface area contributed by atoms with Gasteiger partial charge in [-0.05, 0) is 27.4 Å². The predicted octanol–water partition coefficient (Wildman–Crippen LogP) is 4.48. The summed E-state index contributed by atoms with van der Waals surface area (Å²) in [5.41, 5.74) is 1.32. The molecule has 0 N–H and O–H groups in total. The van der Waals surface area contributed by atoms with Crippen LogP contribution in [0.1, 0.15) is 36.8 Å². The fraction of sp³-hybridized carbons (Fsp3) is 0.385. The van der Waals surface area contributed by atoms with Crippen LogP contribution < -0.4 is 0 Å². The summed E-state index contributed by atoms with van der Waals surface area (Å²) in [7, 11) is 0. The van der Waals surface area contributed by atoms with E-state index in [0.717, 1.165) is 15.3 Å². The molecule has 2 rings (SSSR count). The zero-order chi connectivity index (χ0) is 12.3. The maximum atomic E-state index is 4.28. The van der Waals surface area contributed by atoms with E-state index >= 15 is 0 Å². The molecule has 0 bridgehead atoms. The van der Waals surface area contributed by atoms with Crippen LogP contribution >= 0.6 is 27.3 Å². The molecule has 2 nitrogen and oxygen atoms in total. The minimum Gasteiger partial charge on any atom is -0.142 e. The molecule has 0 aliphatic carbocycles. The summed E-state index contributed by atoms with van der Waals surface area (Å²) in [6.07, 6.45) is 1.14. The number of benzene rings is 1. The summed E-state index contributed by atoms with van der Waals surface area (Å²) < 4.78 is 0.858. The molecule has 1 aromatic heterocycles. The SMILES string of the molecule is CCC(C)C(c1ccccc1)c1nnc(Br)s1. The number of aromatic nitrogens is 2. The molecule has 0 spiro atoms. The van der Waals surface area contributed by atoms with Crippen molar-refractivity contribution in [2.24, 2.45) is 5.92 Å². The Kier molecular flexibility index (Phi) is 4.29. The minimum absolute atomic E-state index is 0.352. The fourth-order valence-corrected chi connectivity index (χ4v) is 3.36. The Bertz CT molecular complexity index is 469. The summed E-state index contributed by atoms with van der Waals surface area (Å²) in [5, 5.41) is 9.44. The molecular weight excluding hydrogens is 296 g/mol. The summed E-state index contributed by atoms with van der Waals surface area (Å²) in [5.74, 6) is 0.919. The molecular formula is C13H15BrN2S. The maximum absolute atomic E-state index is 4.28. The highest BCUT2D eigenvalue weighted by Crippen LogP contribution is 2.36. The number of hydrogen-bond donors (Lipinski definition) is 0. The van der Waals surface area contributed by atoms with Crippen LogP contribution in [-0.4, -0.2) is 10.2 Å². The largest absolute Gasteiger partial charge is 0.183 e. The second-order valence-corrected chi connectivity index (χ2v) is 6.45. The lowest BCUT2D eigenvalue weighted by Crippen LogP contribution is -2.10. The van der Waals surface area contributed by atoms with Crippen molar-refractivity contribution in [2.75, 3.05) is 0 Å². The molecule has 1 aromatic carbocycles. The minimum atomic E-state index is 0.352. The van der Waals surface area contributed by atoms with Crippen LogP contribution in [0.2, 0.25) is 0 Å². The van der Waals surface area contributed by atoms with Gasteiger partial charge in [-0.25, -0.2) is 0 Å². The normalized spacial score (nSPS) is 14.5. The summed E-state index contributed by atoms with van der Waals surface area (Å²) in [4.78, 5) is 0. The first-order chi connectivity index (χ1) is 8.22. The Morgan fingerprint density at radius 2 is 1.94 bits per heavy atom.